The predicted molar refractivity (Wildman–Crippen MR) is 106 cm³/mol. The summed E-state index contributed by atoms with van der Waals surface area (Å²) in [5, 5.41) is 0. The van der Waals surface area contributed by atoms with Gasteiger partial charge < -0.3 is 13.9 Å². The van der Waals surface area contributed by atoms with Crippen LogP contribution in [0.2, 0.25) is 0 Å². The molecule has 0 aliphatic carbocycles. The summed E-state index contributed by atoms with van der Waals surface area (Å²) in [6.45, 7) is 6.26. The van der Waals surface area contributed by atoms with Gasteiger partial charge in [0.05, 0.1) is 24.7 Å². The van der Waals surface area contributed by atoms with Crippen molar-refractivity contribution in [3.05, 3.63) is 47.9 Å². The molecule has 1 aromatic heterocycles. The van der Waals surface area contributed by atoms with Crippen LogP contribution in [-0.4, -0.2) is 63.5 Å². The maximum atomic E-state index is 12.9. The van der Waals surface area contributed by atoms with E-state index in [0.29, 0.717) is 44.3 Å². The predicted octanol–water partition coefficient (Wildman–Crippen LogP) is 2.53. The van der Waals surface area contributed by atoms with Gasteiger partial charge in [-0.25, -0.2) is 13.2 Å². The highest BCUT2D eigenvalue weighted by Gasteiger charge is 2.31. The standard InChI is InChI=1S/C20H26N2O6S/c1-4-27-16-5-7-17(8-6-16)29(24,25)22-13-11-21(12-14-22)15(2)18-9-10-19(28-18)20(23)26-3/h5-10,15H,4,11-14H2,1-3H3/t15-/m0/s1. The van der Waals surface area contributed by atoms with E-state index < -0.39 is 16.0 Å². The van der Waals surface area contributed by atoms with Gasteiger partial charge in [-0.1, -0.05) is 0 Å². The molecule has 1 aliphatic heterocycles. The summed E-state index contributed by atoms with van der Waals surface area (Å²) in [6, 6.07) is 9.75. The number of nitrogens with zero attached hydrogens (tertiary/aromatic N) is 2. The van der Waals surface area contributed by atoms with Gasteiger partial charge in [0.1, 0.15) is 11.5 Å². The molecule has 0 N–H and O–H groups in total. The van der Waals surface area contributed by atoms with Crippen molar-refractivity contribution in [3.63, 3.8) is 0 Å². The van der Waals surface area contributed by atoms with Crippen LogP contribution >= 0.6 is 0 Å². The first kappa shape index (κ1) is 21.4. The van der Waals surface area contributed by atoms with Crippen molar-refractivity contribution in [2.45, 2.75) is 24.8 Å². The van der Waals surface area contributed by atoms with Crippen molar-refractivity contribution >= 4 is 16.0 Å². The van der Waals surface area contributed by atoms with Crippen LogP contribution in [0, 0.1) is 0 Å². The molecule has 158 valence electrons. The van der Waals surface area contributed by atoms with Gasteiger partial charge in [-0.3, -0.25) is 4.90 Å². The number of piperazine rings is 1. The van der Waals surface area contributed by atoms with E-state index in [9.17, 15) is 13.2 Å². The Labute approximate surface area is 171 Å². The van der Waals surface area contributed by atoms with Crippen molar-refractivity contribution < 1.29 is 27.1 Å². The quantitative estimate of drug-likeness (QED) is 0.634. The average Bonchev–Trinajstić information content (AvgIpc) is 3.23. The van der Waals surface area contributed by atoms with Crippen LogP contribution in [0.4, 0.5) is 0 Å². The van der Waals surface area contributed by atoms with Crippen LogP contribution < -0.4 is 4.74 Å². The number of rotatable bonds is 7. The fourth-order valence-corrected chi connectivity index (χ4v) is 4.74. The summed E-state index contributed by atoms with van der Waals surface area (Å²) < 4.78 is 42.9. The van der Waals surface area contributed by atoms with E-state index in [1.807, 2.05) is 13.8 Å². The van der Waals surface area contributed by atoms with E-state index >= 15 is 0 Å². The maximum Gasteiger partial charge on any atom is 0.373 e. The van der Waals surface area contributed by atoms with Crippen molar-refractivity contribution in [2.24, 2.45) is 0 Å². The molecular formula is C20H26N2O6S. The Bertz CT molecular complexity index is 930. The van der Waals surface area contributed by atoms with Crippen LogP contribution in [0.25, 0.3) is 0 Å². The molecule has 1 saturated heterocycles. The minimum Gasteiger partial charge on any atom is -0.494 e. The number of furan rings is 1. The van der Waals surface area contributed by atoms with Gasteiger partial charge in [-0.2, -0.15) is 4.31 Å². The second-order valence-corrected chi connectivity index (χ2v) is 8.65. The van der Waals surface area contributed by atoms with Crippen molar-refractivity contribution in [1.29, 1.82) is 0 Å². The van der Waals surface area contributed by atoms with E-state index in [1.165, 1.54) is 11.4 Å². The largest absolute Gasteiger partial charge is 0.494 e. The van der Waals surface area contributed by atoms with E-state index in [4.69, 9.17) is 9.15 Å². The lowest BCUT2D eigenvalue weighted by Gasteiger charge is -2.36. The van der Waals surface area contributed by atoms with Gasteiger partial charge >= 0.3 is 5.97 Å². The first-order chi connectivity index (χ1) is 13.9. The summed E-state index contributed by atoms with van der Waals surface area (Å²) in [7, 11) is -2.25. The molecule has 2 aromatic rings. The fraction of sp³-hybridized carbons (Fsp3) is 0.450. The molecule has 0 radical (unpaired) electrons. The second kappa shape index (κ2) is 8.98. The Balaban J connectivity index is 1.63. The first-order valence-corrected chi connectivity index (χ1v) is 11.0. The number of hydrogen-bond acceptors (Lipinski definition) is 7. The number of ether oxygens (including phenoxy) is 2. The number of carbonyl (C=O) groups excluding carboxylic acids is 1. The Hall–Kier alpha value is -2.36. The first-order valence-electron chi connectivity index (χ1n) is 9.52. The van der Waals surface area contributed by atoms with Gasteiger partial charge in [-0.15, -0.1) is 0 Å². The minimum absolute atomic E-state index is 0.0799. The molecule has 0 bridgehead atoms. The highest BCUT2D eigenvalue weighted by Crippen LogP contribution is 2.26. The van der Waals surface area contributed by atoms with Crippen LogP contribution in [-0.2, 0) is 14.8 Å². The molecule has 1 atom stereocenters. The molecule has 1 fully saturated rings. The third-order valence-electron chi connectivity index (χ3n) is 5.02. The molecule has 9 heteroatoms. The molecule has 1 aromatic carbocycles. The lowest BCUT2D eigenvalue weighted by molar-refractivity contribution is 0.0556. The van der Waals surface area contributed by atoms with Gasteiger partial charge in [0.25, 0.3) is 0 Å². The molecule has 3 rings (SSSR count). The van der Waals surface area contributed by atoms with Crippen molar-refractivity contribution in [2.75, 3.05) is 39.9 Å². The zero-order valence-corrected chi connectivity index (χ0v) is 17.6. The van der Waals surface area contributed by atoms with Gasteiger partial charge in [0.2, 0.25) is 15.8 Å². The molecule has 0 spiro atoms. The second-order valence-electron chi connectivity index (χ2n) is 6.71. The lowest BCUT2D eigenvalue weighted by Crippen LogP contribution is -2.49. The Morgan fingerprint density at radius 3 is 2.34 bits per heavy atom. The van der Waals surface area contributed by atoms with E-state index in [-0.39, 0.29) is 16.7 Å². The number of benzene rings is 1. The zero-order valence-electron chi connectivity index (χ0n) is 16.8. The summed E-state index contributed by atoms with van der Waals surface area (Å²) in [5.41, 5.74) is 0. The lowest BCUT2D eigenvalue weighted by atomic mass is 10.2. The van der Waals surface area contributed by atoms with Crippen LogP contribution in [0.1, 0.15) is 36.2 Å². The molecule has 0 saturated carbocycles. The monoisotopic (exact) mass is 422 g/mol. The minimum atomic E-state index is -3.55. The van der Waals surface area contributed by atoms with E-state index in [2.05, 4.69) is 9.64 Å². The molecule has 29 heavy (non-hydrogen) atoms. The number of methoxy groups -OCH3 is 1. The van der Waals surface area contributed by atoms with E-state index in [1.54, 1.807) is 36.4 Å². The number of sulfonamides is 1. The highest BCUT2D eigenvalue weighted by molar-refractivity contribution is 7.89. The van der Waals surface area contributed by atoms with Crippen LogP contribution in [0.15, 0.2) is 45.7 Å². The smallest absolute Gasteiger partial charge is 0.373 e. The maximum absolute atomic E-state index is 12.9. The summed E-state index contributed by atoms with van der Waals surface area (Å²) >= 11 is 0. The van der Waals surface area contributed by atoms with Crippen LogP contribution in [0.3, 0.4) is 0 Å². The van der Waals surface area contributed by atoms with E-state index in [0.717, 1.165) is 0 Å². The van der Waals surface area contributed by atoms with Crippen molar-refractivity contribution in [3.8, 4) is 5.75 Å². The highest BCUT2D eigenvalue weighted by atomic mass is 32.2. The van der Waals surface area contributed by atoms with Crippen molar-refractivity contribution in [1.82, 2.24) is 9.21 Å². The van der Waals surface area contributed by atoms with Gasteiger partial charge in [0.15, 0.2) is 0 Å². The number of carbonyl (C=O) groups is 1. The molecule has 8 nitrogen and oxygen atoms in total. The summed E-state index contributed by atoms with van der Waals surface area (Å²) in [5.74, 6) is 0.934. The van der Waals surface area contributed by atoms with Gasteiger partial charge in [0, 0.05) is 26.2 Å². The molecule has 2 heterocycles. The summed E-state index contributed by atoms with van der Waals surface area (Å²) in [4.78, 5) is 13.9. The zero-order chi connectivity index (χ0) is 21.0. The Morgan fingerprint density at radius 1 is 1.10 bits per heavy atom. The Kier molecular flexibility index (Phi) is 6.61. The van der Waals surface area contributed by atoms with Crippen LogP contribution in [0.5, 0.6) is 5.75 Å². The van der Waals surface area contributed by atoms with Gasteiger partial charge in [-0.05, 0) is 50.2 Å². The molecule has 0 unspecified atom stereocenters. The molecular weight excluding hydrogens is 396 g/mol. The summed E-state index contributed by atoms with van der Waals surface area (Å²) in [6.07, 6.45) is 0. The SMILES string of the molecule is CCOc1ccc(S(=O)(=O)N2CCN([C@@H](C)c3ccc(C(=O)OC)o3)CC2)cc1. The number of hydrogen-bond donors (Lipinski definition) is 0. The Morgan fingerprint density at radius 2 is 1.76 bits per heavy atom. The average molecular weight is 423 g/mol. The normalized spacial score (nSPS) is 17.1. The topological polar surface area (TPSA) is 89.3 Å². The third kappa shape index (κ3) is 4.63. The molecule has 0 amide bonds. The number of esters is 1. The fourth-order valence-electron chi connectivity index (χ4n) is 3.32. The molecule has 1 aliphatic rings. The third-order valence-corrected chi connectivity index (χ3v) is 6.93.